The summed E-state index contributed by atoms with van der Waals surface area (Å²) in [6.07, 6.45) is 4.51. The quantitative estimate of drug-likeness (QED) is 0.717. The summed E-state index contributed by atoms with van der Waals surface area (Å²) < 4.78 is 7.06. The van der Waals surface area contributed by atoms with Gasteiger partial charge in [0.1, 0.15) is 5.75 Å². The smallest absolute Gasteiger partial charge is 0.284 e. The molecule has 0 saturated carbocycles. The van der Waals surface area contributed by atoms with E-state index in [0.29, 0.717) is 5.75 Å². The van der Waals surface area contributed by atoms with Crippen LogP contribution in [0.15, 0.2) is 24.3 Å². The average Bonchev–Trinajstić information content (AvgIpc) is 2.82. The number of unbranched alkanes of at least 4 members (excludes halogenated alkanes) is 2. The van der Waals surface area contributed by atoms with Crippen molar-refractivity contribution in [1.29, 1.82) is 0 Å². The van der Waals surface area contributed by atoms with Crippen LogP contribution >= 0.6 is 0 Å². The summed E-state index contributed by atoms with van der Waals surface area (Å²) in [5.41, 5.74) is 4.25. The van der Waals surface area contributed by atoms with Crippen molar-refractivity contribution in [3.8, 4) is 5.75 Å². The molecule has 0 N–H and O–H groups in total. The van der Waals surface area contributed by atoms with E-state index < -0.39 is 0 Å². The van der Waals surface area contributed by atoms with Crippen LogP contribution in [-0.4, -0.2) is 22.3 Å². The Hall–Kier alpha value is -2.10. The van der Waals surface area contributed by atoms with E-state index in [4.69, 9.17) is 4.74 Å². The van der Waals surface area contributed by atoms with Crippen LogP contribution in [0.2, 0.25) is 0 Å². The van der Waals surface area contributed by atoms with Crippen molar-refractivity contribution in [2.24, 2.45) is 0 Å². The van der Waals surface area contributed by atoms with Crippen LogP contribution < -0.4 is 4.74 Å². The molecule has 0 fully saturated rings. The Morgan fingerprint density at radius 3 is 2.48 bits per heavy atom. The molecule has 124 valence electrons. The van der Waals surface area contributed by atoms with E-state index in [-0.39, 0.29) is 12.5 Å². The molecule has 1 heterocycles. The molecule has 0 amide bonds. The first-order chi connectivity index (χ1) is 11.0. The predicted octanol–water partition coefficient (Wildman–Crippen LogP) is 4.26. The Morgan fingerprint density at radius 2 is 1.83 bits per heavy atom. The number of aromatic nitrogens is 2. The van der Waals surface area contributed by atoms with Gasteiger partial charge in [0.15, 0.2) is 6.61 Å². The van der Waals surface area contributed by atoms with Gasteiger partial charge in [0.2, 0.25) is 0 Å². The molecule has 0 atom stereocenters. The van der Waals surface area contributed by atoms with Crippen molar-refractivity contribution in [3.63, 3.8) is 0 Å². The monoisotopic (exact) mass is 314 g/mol. The van der Waals surface area contributed by atoms with Crippen LogP contribution in [0.5, 0.6) is 5.75 Å². The Balaban J connectivity index is 2.01. The zero-order valence-corrected chi connectivity index (χ0v) is 14.6. The summed E-state index contributed by atoms with van der Waals surface area (Å²) in [5, 5.41) is 4.40. The van der Waals surface area contributed by atoms with Crippen molar-refractivity contribution in [2.75, 3.05) is 6.61 Å². The van der Waals surface area contributed by atoms with Gasteiger partial charge in [-0.2, -0.15) is 5.10 Å². The molecule has 1 aromatic carbocycles. The van der Waals surface area contributed by atoms with Gasteiger partial charge in [-0.15, -0.1) is 0 Å². The highest BCUT2D eigenvalue weighted by molar-refractivity contribution is 5.80. The SMILES string of the molecule is CCCCCc1c(C)nn(C(=O)COc2ccc(C)cc2)c1C. The molecule has 0 radical (unpaired) electrons. The van der Waals surface area contributed by atoms with E-state index in [1.54, 1.807) is 0 Å². The summed E-state index contributed by atoms with van der Waals surface area (Å²) >= 11 is 0. The molecule has 2 aromatic rings. The van der Waals surface area contributed by atoms with Gasteiger partial charge in [-0.05, 0) is 51.3 Å². The van der Waals surface area contributed by atoms with Gasteiger partial charge in [0, 0.05) is 5.69 Å². The highest BCUT2D eigenvalue weighted by Gasteiger charge is 2.16. The number of aryl methyl sites for hydroxylation is 2. The summed E-state index contributed by atoms with van der Waals surface area (Å²) in [4.78, 5) is 12.4. The van der Waals surface area contributed by atoms with Gasteiger partial charge >= 0.3 is 0 Å². The Bertz CT molecular complexity index is 657. The topological polar surface area (TPSA) is 44.1 Å². The Morgan fingerprint density at radius 1 is 1.13 bits per heavy atom. The largest absolute Gasteiger partial charge is 0.484 e. The molecule has 23 heavy (non-hydrogen) atoms. The lowest BCUT2D eigenvalue weighted by atomic mass is 10.1. The summed E-state index contributed by atoms with van der Waals surface area (Å²) in [7, 11) is 0. The van der Waals surface area contributed by atoms with Crippen LogP contribution in [0, 0.1) is 20.8 Å². The van der Waals surface area contributed by atoms with E-state index in [1.807, 2.05) is 45.0 Å². The zero-order chi connectivity index (χ0) is 16.8. The third-order valence-electron chi connectivity index (χ3n) is 4.09. The molecule has 0 bridgehead atoms. The first-order valence-corrected chi connectivity index (χ1v) is 8.30. The molecule has 0 spiro atoms. The van der Waals surface area contributed by atoms with Gasteiger partial charge < -0.3 is 4.74 Å². The van der Waals surface area contributed by atoms with Crippen LogP contribution in [0.1, 0.15) is 53.5 Å². The predicted molar refractivity (Wildman–Crippen MR) is 92.2 cm³/mol. The number of carbonyl (C=O) groups excluding carboxylic acids is 1. The standard InChI is InChI=1S/C19H26N2O2/c1-5-6-7-8-18-15(3)20-21(16(18)4)19(22)13-23-17-11-9-14(2)10-12-17/h9-12H,5-8,13H2,1-4H3. The number of benzene rings is 1. The summed E-state index contributed by atoms with van der Waals surface area (Å²) in [6, 6.07) is 7.68. The maximum atomic E-state index is 12.4. The van der Waals surface area contributed by atoms with Crippen LogP contribution in [-0.2, 0) is 6.42 Å². The van der Waals surface area contributed by atoms with Gasteiger partial charge in [-0.1, -0.05) is 37.5 Å². The van der Waals surface area contributed by atoms with Crippen LogP contribution in [0.3, 0.4) is 0 Å². The maximum absolute atomic E-state index is 12.4. The number of rotatable bonds is 7. The minimum atomic E-state index is -0.132. The van der Waals surface area contributed by atoms with Gasteiger partial charge in [0.05, 0.1) is 5.69 Å². The van der Waals surface area contributed by atoms with E-state index in [2.05, 4.69) is 12.0 Å². The number of carbonyl (C=O) groups is 1. The van der Waals surface area contributed by atoms with E-state index in [9.17, 15) is 4.79 Å². The first-order valence-electron chi connectivity index (χ1n) is 8.30. The van der Waals surface area contributed by atoms with E-state index in [0.717, 1.165) is 24.2 Å². The molecule has 2 rings (SSSR count). The summed E-state index contributed by atoms with van der Waals surface area (Å²) in [5.74, 6) is 0.571. The molecule has 1 aromatic heterocycles. The van der Waals surface area contributed by atoms with Crippen LogP contribution in [0.4, 0.5) is 0 Å². The highest BCUT2D eigenvalue weighted by Crippen LogP contribution is 2.17. The second-order valence-electron chi connectivity index (χ2n) is 6.01. The lowest BCUT2D eigenvalue weighted by molar-refractivity contribution is 0.0818. The Labute approximate surface area is 138 Å². The van der Waals surface area contributed by atoms with Crippen molar-refractivity contribution in [1.82, 2.24) is 9.78 Å². The Kier molecular flexibility index (Phi) is 5.97. The van der Waals surface area contributed by atoms with Gasteiger partial charge in [-0.25, -0.2) is 4.68 Å². The molecule has 4 nitrogen and oxygen atoms in total. The molecule has 0 saturated heterocycles. The van der Waals surface area contributed by atoms with Gasteiger partial charge in [0.25, 0.3) is 5.91 Å². The second-order valence-corrected chi connectivity index (χ2v) is 6.01. The molecule has 0 aliphatic heterocycles. The molecule has 0 aliphatic carbocycles. The first kappa shape index (κ1) is 17.3. The minimum absolute atomic E-state index is 0.000574. The van der Waals surface area contributed by atoms with Crippen molar-refractivity contribution < 1.29 is 9.53 Å². The lowest BCUT2D eigenvalue weighted by Gasteiger charge is -2.07. The maximum Gasteiger partial charge on any atom is 0.284 e. The third-order valence-corrected chi connectivity index (χ3v) is 4.09. The minimum Gasteiger partial charge on any atom is -0.484 e. The second kappa shape index (κ2) is 7.95. The van der Waals surface area contributed by atoms with Gasteiger partial charge in [-0.3, -0.25) is 4.79 Å². The van der Waals surface area contributed by atoms with Crippen molar-refractivity contribution in [3.05, 3.63) is 46.8 Å². The third kappa shape index (κ3) is 4.44. The fraction of sp³-hybridized carbons (Fsp3) is 0.474. The van der Waals surface area contributed by atoms with E-state index in [1.165, 1.54) is 28.7 Å². The molecule has 0 unspecified atom stereocenters. The number of nitrogens with zero attached hydrogens (tertiary/aromatic N) is 2. The number of ether oxygens (including phenoxy) is 1. The van der Waals surface area contributed by atoms with Crippen molar-refractivity contribution >= 4 is 5.91 Å². The fourth-order valence-electron chi connectivity index (χ4n) is 2.67. The molecule has 4 heteroatoms. The van der Waals surface area contributed by atoms with Crippen LogP contribution in [0.25, 0.3) is 0 Å². The number of hydrogen-bond donors (Lipinski definition) is 0. The molecular formula is C19H26N2O2. The normalized spacial score (nSPS) is 10.8. The lowest BCUT2D eigenvalue weighted by Crippen LogP contribution is -2.21. The molecular weight excluding hydrogens is 288 g/mol. The summed E-state index contributed by atoms with van der Waals surface area (Å²) in [6.45, 7) is 8.14. The molecule has 0 aliphatic rings. The highest BCUT2D eigenvalue weighted by atomic mass is 16.5. The van der Waals surface area contributed by atoms with E-state index >= 15 is 0 Å². The fourth-order valence-corrected chi connectivity index (χ4v) is 2.67. The average molecular weight is 314 g/mol. The van der Waals surface area contributed by atoms with Crippen molar-refractivity contribution in [2.45, 2.75) is 53.4 Å². The zero-order valence-electron chi connectivity index (χ0n) is 14.6. The number of hydrogen-bond acceptors (Lipinski definition) is 3.